The number of fused-ring (bicyclic) bond motifs is 1. The first-order chi connectivity index (χ1) is 14.3. The van der Waals surface area contributed by atoms with E-state index in [-0.39, 0.29) is 5.92 Å². The molecule has 2 aliphatic heterocycles. The number of piperazine rings is 1. The highest BCUT2D eigenvalue weighted by Crippen LogP contribution is 2.28. The summed E-state index contributed by atoms with van der Waals surface area (Å²) in [6, 6.07) is 2.08. The van der Waals surface area contributed by atoms with Crippen LogP contribution in [0, 0.1) is 5.92 Å². The van der Waals surface area contributed by atoms with E-state index in [2.05, 4.69) is 41.2 Å². The van der Waals surface area contributed by atoms with Crippen molar-refractivity contribution in [3.05, 3.63) is 36.4 Å². The van der Waals surface area contributed by atoms with E-state index < -0.39 is 0 Å². The Morgan fingerprint density at radius 1 is 0.966 bits per heavy atom. The van der Waals surface area contributed by atoms with Gasteiger partial charge in [0.1, 0.15) is 22.8 Å². The lowest BCUT2D eigenvalue weighted by atomic mass is 9.95. The molecule has 0 N–H and O–H groups in total. The van der Waals surface area contributed by atoms with Crippen LogP contribution in [0.1, 0.15) is 12.8 Å². The van der Waals surface area contributed by atoms with E-state index in [4.69, 9.17) is 0 Å². The monoisotopic (exact) mass is 409 g/mol. The van der Waals surface area contributed by atoms with E-state index in [9.17, 15) is 4.79 Å². The van der Waals surface area contributed by atoms with Crippen molar-refractivity contribution in [2.75, 3.05) is 49.1 Å². The van der Waals surface area contributed by atoms with Crippen LogP contribution < -0.4 is 9.80 Å². The summed E-state index contributed by atoms with van der Waals surface area (Å²) in [6.07, 6.45) is 8.57. The fourth-order valence-corrected chi connectivity index (χ4v) is 4.96. The van der Waals surface area contributed by atoms with Crippen LogP contribution in [0.3, 0.4) is 0 Å². The zero-order chi connectivity index (χ0) is 19.6. The van der Waals surface area contributed by atoms with Gasteiger partial charge in [0.25, 0.3) is 0 Å². The Morgan fingerprint density at radius 3 is 2.55 bits per heavy atom. The number of carbonyl (C=O) groups excluding carboxylic acids is 1. The summed E-state index contributed by atoms with van der Waals surface area (Å²) >= 11 is 1.63. The molecule has 0 unspecified atom stereocenters. The lowest BCUT2D eigenvalue weighted by molar-refractivity contribution is -0.136. The fraction of sp³-hybridized carbons (Fsp3) is 0.450. The van der Waals surface area contributed by atoms with E-state index in [0.717, 1.165) is 74.0 Å². The van der Waals surface area contributed by atoms with Crippen molar-refractivity contribution < 1.29 is 4.79 Å². The van der Waals surface area contributed by atoms with Gasteiger partial charge in [-0.2, -0.15) is 0 Å². The van der Waals surface area contributed by atoms with Crippen LogP contribution in [0.5, 0.6) is 0 Å². The average Bonchev–Trinajstić information content (AvgIpc) is 3.29. The van der Waals surface area contributed by atoms with Gasteiger partial charge in [0.05, 0.1) is 11.6 Å². The molecule has 9 heteroatoms. The standard InChI is InChI=1S/C20H23N7OS/c28-20(15-1-6-25(7-2-15)17-13-21-4-5-22-17)27-10-8-26(9-11-27)18-16-3-12-29-19(16)24-14-23-18/h3-5,12-15H,1-2,6-11H2. The van der Waals surface area contributed by atoms with Gasteiger partial charge >= 0.3 is 0 Å². The molecule has 5 heterocycles. The maximum absolute atomic E-state index is 13.0. The van der Waals surface area contributed by atoms with Crippen molar-refractivity contribution in [2.24, 2.45) is 5.92 Å². The number of hydrogen-bond donors (Lipinski definition) is 0. The van der Waals surface area contributed by atoms with Crippen LogP contribution in [0.15, 0.2) is 36.4 Å². The Bertz CT molecular complexity index is 979. The van der Waals surface area contributed by atoms with Crippen molar-refractivity contribution in [2.45, 2.75) is 12.8 Å². The summed E-state index contributed by atoms with van der Waals surface area (Å²) in [7, 11) is 0. The molecule has 8 nitrogen and oxygen atoms in total. The molecule has 0 spiro atoms. The van der Waals surface area contributed by atoms with E-state index in [1.165, 1.54) is 0 Å². The van der Waals surface area contributed by atoms with Crippen molar-refractivity contribution in [1.82, 2.24) is 24.8 Å². The smallest absolute Gasteiger partial charge is 0.225 e. The third-order valence-electron chi connectivity index (χ3n) is 5.85. The largest absolute Gasteiger partial charge is 0.355 e. The van der Waals surface area contributed by atoms with Crippen LogP contribution in [0.2, 0.25) is 0 Å². The van der Waals surface area contributed by atoms with Crippen LogP contribution in [0.4, 0.5) is 11.6 Å². The second kappa shape index (κ2) is 7.90. The number of aromatic nitrogens is 4. The van der Waals surface area contributed by atoms with E-state index in [0.29, 0.717) is 5.91 Å². The molecule has 3 aromatic rings. The van der Waals surface area contributed by atoms with Gasteiger partial charge in [-0.3, -0.25) is 9.78 Å². The first-order valence-corrected chi connectivity index (χ1v) is 10.9. The van der Waals surface area contributed by atoms with Crippen molar-refractivity contribution >= 4 is 39.1 Å². The SMILES string of the molecule is O=C(C1CCN(c2cnccn2)CC1)N1CCN(c2ncnc3sccc23)CC1. The Hall–Kier alpha value is -2.81. The average molecular weight is 410 g/mol. The summed E-state index contributed by atoms with van der Waals surface area (Å²) in [5.74, 6) is 2.29. The van der Waals surface area contributed by atoms with Crippen molar-refractivity contribution in [3.8, 4) is 0 Å². The molecule has 2 fully saturated rings. The van der Waals surface area contributed by atoms with E-state index in [1.807, 2.05) is 4.90 Å². The summed E-state index contributed by atoms with van der Waals surface area (Å²) in [4.78, 5) is 37.9. The third-order valence-corrected chi connectivity index (χ3v) is 6.67. The Labute approximate surface area is 173 Å². The minimum absolute atomic E-state index is 0.108. The summed E-state index contributed by atoms with van der Waals surface area (Å²) in [6.45, 7) is 4.83. The van der Waals surface area contributed by atoms with Gasteiger partial charge in [0, 0.05) is 57.6 Å². The third kappa shape index (κ3) is 3.62. The van der Waals surface area contributed by atoms with Gasteiger partial charge in [-0.1, -0.05) is 0 Å². The highest BCUT2D eigenvalue weighted by molar-refractivity contribution is 7.16. The number of rotatable bonds is 3. The van der Waals surface area contributed by atoms with Crippen LogP contribution in [-0.2, 0) is 4.79 Å². The lowest BCUT2D eigenvalue weighted by Gasteiger charge is -2.39. The van der Waals surface area contributed by atoms with Crippen LogP contribution >= 0.6 is 11.3 Å². The van der Waals surface area contributed by atoms with Gasteiger partial charge in [-0.05, 0) is 24.3 Å². The van der Waals surface area contributed by atoms with E-state index in [1.54, 1.807) is 36.3 Å². The predicted molar refractivity (Wildman–Crippen MR) is 113 cm³/mol. The van der Waals surface area contributed by atoms with Gasteiger partial charge in [0.15, 0.2) is 0 Å². The molecular formula is C20H23N7OS. The highest BCUT2D eigenvalue weighted by Gasteiger charge is 2.31. The number of hydrogen-bond acceptors (Lipinski definition) is 8. The summed E-state index contributed by atoms with van der Waals surface area (Å²) in [5.41, 5.74) is 0. The zero-order valence-corrected chi connectivity index (χ0v) is 17.0. The molecule has 0 bridgehead atoms. The fourth-order valence-electron chi connectivity index (χ4n) is 4.24. The molecular weight excluding hydrogens is 386 g/mol. The van der Waals surface area contributed by atoms with Crippen molar-refractivity contribution in [1.29, 1.82) is 0 Å². The summed E-state index contributed by atoms with van der Waals surface area (Å²) in [5, 5.41) is 3.16. The molecule has 5 rings (SSSR count). The van der Waals surface area contributed by atoms with Gasteiger partial charge < -0.3 is 14.7 Å². The topological polar surface area (TPSA) is 78.4 Å². The number of anilines is 2. The Morgan fingerprint density at radius 2 is 1.79 bits per heavy atom. The van der Waals surface area contributed by atoms with E-state index >= 15 is 0 Å². The highest BCUT2D eigenvalue weighted by atomic mass is 32.1. The molecule has 1 amide bonds. The van der Waals surface area contributed by atoms with Crippen molar-refractivity contribution in [3.63, 3.8) is 0 Å². The number of piperidine rings is 1. The number of nitrogens with zero attached hydrogens (tertiary/aromatic N) is 7. The van der Waals surface area contributed by atoms with Crippen LogP contribution in [0.25, 0.3) is 10.2 Å². The number of amides is 1. The second-order valence-corrected chi connectivity index (χ2v) is 8.37. The zero-order valence-electron chi connectivity index (χ0n) is 16.1. The molecule has 2 aliphatic rings. The number of thiophene rings is 1. The molecule has 150 valence electrons. The molecule has 0 saturated carbocycles. The van der Waals surface area contributed by atoms with Gasteiger partial charge in [-0.25, -0.2) is 15.0 Å². The first kappa shape index (κ1) is 18.2. The minimum atomic E-state index is 0.108. The van der Waals surface area contributed by atoms with Crippen LogP contribution in [-0.4, -0.2) is 70.0 Å². The first-order valence-electron chi connectivity index (χ1n) is 10.0. The Balaban J connectivity index is 1.17. The molecule has 0 atom stereocenters. The molecule has 29 heavy (non-hydrogen) atoms. The van der Waals surface area contributed by atoms with Gasteiger partial charge in [-0.15, -0.1) is 11.3 Å². The predicted octanol–water partition coefficient (Wildman–Crippen LogP) is 2.05. The lowest BCUT2D eigenvalue weighted by Crippen LogP contribution is -2.52. The molecule has 0 aliphatic carbocycles. The molecule has 0 radical (unpaired) electrons. The molecule has 2 saturated heterocycles. The minimum Gasteiger partial charge on any atom is -0.355 e. The normalized spacial score (nSPS) is 18.4. The molecule has 3 aromatic heterocycles. The maximum Gasteiger partial charge on any atom is 0.225 e. The quantitative estimate of drug-likeness (QED) is 0.655. The number of carbonyl (C=O) groups is 1. The Kier molecular flexibility index (Phi) is 4.97. The van der Waals surface area contributed by atoms with Gasteiger partial charge in [0.2, 0.25) is 5.91 Å². The maximum atomic E-state index is 13.0. The summed E-state index contributed by atoms with van der Waals surface area (Å²) < 4.78 is 0. The molecule has 0 aromatic carbocycles. The second-order valence-electron chi connectivity index (χ2n) is 7.47.